The van der Waals surface area contributed by atoms with Crippen LogP contribution >= 0.6 is 0 Å². The number of nitrogens with one attached hydrogen (secondary N) is 1. The van der Waals surface area contributed by atoms with Gasteiger partial charge >= 0.3 is 0 Å². The van der Waals surface area contributed by atoms with E-state index in [4.69, 9.17) is 14.8 Å². The zero-order valence-electron chi connectivity index (χ0n) is 18.7. The van der Waals surface area contributed by atoms with Crippen molar-refractivity contribution in [3.63, 3.8) is 0 Å². The molecular formula is C25H27FN4O4. The van der Waals surface area contributed by atoms with Gasteiger partial charge in [-0.05, 0) is 12.1 Å². The number of nitrogens with zero attached hydrogens (tertiary/aromatic N) is 3. The summed E-state index contributed by atoms with van der Waals surface area (Å²) in [5.74, 6) is -1.10. The first-order valence-corrected chi connectivity index (χ1v) is 11.2. The fourth-order valence-electron chi connectivity index (χ4n) is 4.04. The number of ether oxygens (including phenoxy) is 1. The molecule has 34 heavy (non-hydrogen) atoms. The fraction of sp³-hybridized carbons (Fsp3) is 0.320. The first-order chi connectivity index (χ1) is 16.6. The number of aromatic amines is 1. The number of carbonyl (C=O) groups excluding carboxylic acids is 2. The number of rotatable bonds is 8. The second-order valence-electron chi connectivity index (χ2n) is 7.88. The number of aliphatic imine (C=N–C) groups is 1. The summed E-state index contributed by atoms with van der Waals surface area (Å²) in [5.41, 5.74) is 1.48. The number of Topliss-reactive ketones (excluding diaryl/α,β-unsaturated/α-hetero) is 1. The highest BCUT2D eigenvalue weighted by atomic mass is 19.1. The number of halogens is 1. The van der Waals surface area contributed by atoms with Crippen molar-refractivity contribution in [3.05, 3.63) is 71.7 Å². The van der Waals surface area contributed by atoms with E-state index in [9.17, 15) is 14.0 Å². The average Bonchev–Trinajstić information content (AvgIpc) is 3.32. The van der Waals surface area contributed by atoms with Gasteiger partial charge in [0.2, 0.25) is 0 Å². The van der Waals surface area contributed by atoms with Crippen LogP contribution in [-0.2, 0) is 9.53 Å². The minimum absolute atomic E-state index is 0.0326. The molecule has 4 rings (SSSR count). The molecule has 2 heterocycles. The number of H-pyrrole nitrogens is 1. The van der Waals surface area contributed by atoms with Crippen LogP contribution in [0, 0.1) is 5.82 Å². The van der Waals surface area contributed by atoms with Crippen molar-refractivity contribution in [2.45, 2.75) is 0 Å². The molecule has 2 aromatic carbocycles. The van der Waals surface area contributed by atoms with Crippen LogP contribution in [-0.4, -0.2) is 90.0 Å². The van der Waals surface area contributed by atoms with Crippen LogP contribution in [0.2, 0.25) is 0 Å². The van der Waals surface area contributed by atoms with E-state index in [0.717, 1.165) is 11.4 Å². The third-order valence-corrected chi connectivity index (χ3v) is 5.73. The van der Waals surface area contributed by atoms with E-state index >= 15 is 0 Å². The van der Waals surface area contributed by atoms with Crippen molar-refractivity contribution in [1.82, 2.24) is 14.8 Å². The van der Waals surface area contributed by atoms with E-state index in [1.807, 2.05) is 30.3 Å². The van der Waals surface area contributed by atoms with Crippen LogP contribution in [0.1, 0.15) is 15.9 Å². The van der Waals surface area contributed by atoms with E-state index in [-0.39, 0.29) is 24.2 Å². The third kappa shape index (κ3) is 5.16. The SMILES string of the molecule is O=C(C(=O)N1CCN(C(=NCCOCCO)c2ccccc2)CC1)c1c[nH]c2cccc(F)c12. The lowest BCUT2D eigenvalue weighted by Crippen LogP contribution is -2.52. The molecule has 1 aliphatic rings. The van der Waals surface area contributed by atoms with E-state index in [1.54, 1.807) is 12.1 Å². The topological polar surface area (TPSA) is 98.2 Å². The van der Waals surface area contributed by atoms with Crippen molar-refractivity contribution in [2.24, 2.45) is 4.99 Å². The van der Waals surface area contributed by atoms with Gasteiger partial charge in [0.1, 0.15) is 11.7 Å². The van der Waals surface area contributed by atoms with Crippen LogP contribution in [0.15, 0.2) is 59.7 Å². The summed E-state index contributed by atoms with van der Waals surface area (Å²) >= 11 is 0. The highest BCUT2D eigenvalue weighted by molar-refractivity contribution is 6.44. The Labute approximate surface area is 196 Å². The number of aliphatic hydroxyl groups excluding tert-OH is 1. The molecule has 178 valence electrons. The molecule has 1 saturated heterocycles. The molecule has 8 nitrogen and oxygen atoms in total. The average molecular weight is 467 g/mol. The summed E-state index contributed by atoms with van der Waals surface area (Å²) in [6.07, 6.45) is 1.39. The molecule has 0 saturated carbocycles. The summed E-state index contributed by atoms with van der Waals surface area (Å²) < 4.78 is 19.6. The third-order valence-electron chi connectivity index (χ3n) is 5.73. The Morgan fingerprint density at radius 2 is 1.74 bits per heavy atom. The maximum atomic E-state index is 14.3. The number of hydrogen-bond acceptors (Lipinski definition) is 5. The number of carbonyl (C=O) groups is 2. The highest BCUT2D eigenvalue weighted by Gasteiger charge is 2.30. The van der Waals surface area contributed by atoms with Gasteiger partial charge in [0.15, 0.2) is 0 Å². The monoisotopic (exact) mass is 466 g/mol. The Balaban J connectivity index is 1.43. The van der Waals surface area contributed by atoms with E-state index in [0.29, 0.717) is 44.8 Å². The van der Waals surface area contributed by atoms with Gasteiger partial charge < -0.3 is 24.6 Å². The molecular weight excluding hydrogens is 439 g/mol. The number of amidine groups is 1. The molecule has 0 aliphatic carbocycles. The number of ketones is 1. The lowest BCUT2D eigenvalue weighted by molar-refractivity contribution is -0.127. The lowest BCUT2D eigenvalue weighted by Gasteiger charge is -2.36. The molecule has 1 fully saturated rings. The molecule has 0 atom stereocenters. The summed E-state index contributed by atoms with van der Waals surface area (Å²) in [4.78, 5) is 37.0. The van der Waals surface area contributed by atoms with Gasteiger partial charge in [-0.1, -0.05) is 36.4 Å². The van der Waals surface area contributed by atoms with Crippen LogP contribution in [0.4, 0.5) is 4.39 Å². The van der Waals surface area contributed by atoms with Gasteiger partial charge in [-0.2, -0.15) is 0 Å². The Kier molecular flexibility index (Phi) is 7.66. The zero-order chi connectivity index (χ0) is 23.9. The molecule has 0 spiro atoms. The van der Waals surface area contributed by atoms with Crippen molar-refractivity contribution in [1.29, 1.82) is 0 Å². The summed E-state index contributed by atoms with van der Waals surface area (Å²) in [6.45, 7) is 2.78. The van der Waals surface area contributed by atoms with Crippen molar-refractivity contribution < 1.29 is 23.8 Å². The van der Waals surface area contributed by atoms with Gasteiger partial charge in [0, 0.05) is 48.8 Å². The van der Waals surface area contributed by atoms with Gasteiger partial charge in [0.05, 0.1) is 31.9 Å². The van der Waals surface area contributed by atoms with E-state index < -0.39 is 17.5 Å². The van der Waals surface area contributed by atoms with Gasteiger partial charge in [-0.25, -0.2) is 4.39 Å². The van der Waals surface area contributed by atoms with Crippen molar-refractivity contribution >= 4 is 28.4 Å². The molecule has 1 amide bonds. The summed E-state index contributed by atoms with van der Waals surface area (Å²) in [6, 6.07) is 14.2. The molecule has 2 N–H and O–H groups in total. The predicted octanol–water partition coefficient (Wildman–Crippen LogP) is 2.09. The van der Waals surface area contributed by atoms with E-state index in [2.05, 4.69) is 9.88 Å². The first-order valence-electron chi connectivity index (χ1n) is 11.2. The normalized spacial score (nSPS) is 14.6. The zero-order valence-corrected chi connectivity index (χ0v) is 18.7. The summed E-state index contributed by atoms with van der Waals surface area (Å²) in [7, 11) is 0. The van der Waals surface area contributed by atoms with Crippen LogP contribution in [0.5, 0.6) is 0 Å². The van der Waals surface area contributed by atoms with Gasteiger partial charge in [0.25, 0.3) is 11.7 Å². The lowest BCUT2D eigenvalue weighted by atomic mass is 10.1. The van der Waals surface area contributed by atoms with Crippen LogP contribution in [0.3, 0.4) is 0 Å². The molecule has 0 unspecified atom stereocenters. The van der Waals surface area contributed by atoms with Gasteiger partial charge in [-0.3, -0.25) is 14.6 Å². The Hall–Kier alpha value is -3.56. The smallest absolute Gasteiger partial charge is 0.295 e. The number of piperazine rings is 1. The number of benzene rings is 2. The van der Waals surface area contributed by atoms with Crippen LogP contribution < -0.4 is 0 Å². The van der Waals surface area contributed by atoms with Gasteiger partial charge in [-0.15, -0.1) is 0 Å². The molecule has 0 radical (unpaired) electrons. The Bertz CT molecular complexity index is 1170. The Morgan fingerprint density at radius 3 is 2.47 bits per heavy atom. The quantitative estimate of drug-likeness (QED) is 0.174. The minimum Gasteiger partial charge on any atom is -0.394 e. The maximum Gasteiger partial charge on any atom is 0.295 e. The summed E-state index contributed by atoms with van der Waals surface area (Å²) in [5, 5.41) is 8.99. The number of fused-ring (bicyclic) bond motifs is 1. The molecule has 0 bridgehead atoms. The maximum absolute atomic E-state index is 14.3. The van der Waals surface area contributed by atoms with Crippen molar-refractivity contribution in [2.75, 3.05) is 52.5 Å². The van der Waals surface area contributed by atoms with Crippen molar-refractivity contribution in [3.8, 4) is 0 Å². The first kappa shape index (κ1) is 23.6. The second kappa shape index (κ2) is 11.0. The van der Waals surface area contributed by atoms with Crippen LogP contribution in [0.25, 0.3) is 10.9 Å². The molecule has 9 heteroatoms. The number of aliphatic hydroxyl groups is 1. The number of hydrogen-bond donors (Lipinski definition) is 2. The molecule has 1 aliphatic heterocycles. The fourth-order valence-corrected chi connectivity index (χ4v) is 4.04. The largest absolute Gasteiger partial charge is 0.394 e. The minimum atomic E-state index is -0.720. The standard InChI is InChI=1S/C25H27FN4O4/c26-20-7-4-8-21-22(20)19(17-28-21)23(32)25(33)30-12-10-29(11-13-30)24(18-5-2-1-3-6-18)27-9-15-34-16-14-31/h1-8,17,28,31H,9-16H2. The second-order valence-corrected chi connectivity index (χ2v) is 7.88. The number of aromatic nitrogens is 1. The predicted molar refractivity (Wildman–Crippen MR) is 126 cm³/mol. The Morgan fingerprint density at radius 1 is 1.00 bits per heavy atom. The highest BCUT2D eigenvalue weighted by Crippen LogP contribution is 2.23. The number of amides is 1. The molecule has 3 aromatic rings. The van der Waals surface area contributed by atoms with E-state index in [1.165, 1.54) is 17.2 Å². The molecule has 1 aromatic heterocycles.